The monoisotopic (exact) mass is 248 g/mol. The molecule has 0 saturated carbocycles. The van der Waals surface area contributed by atoms with Crippen LogP contribution in [-0.2, 0) is 6.42 Å². The molecule has 18 heavy (non-hydrogen) atoms. The lowest BCUT2D eigenvalue weighted by Gasteiger charge is -2.28. The van der Waals surface area contributed by atoms with Crippen molar-refractivity contribution in [3.05, 3.63) is 36.0 Å². The lowest BCUT2D eigenvalue weighted by Crippen LogP contribution is -2.34. The summed E-state index contributed by atoms with van der Waals surface area (Å²) >= 11 is 0. The number of β-amino-alcohol motifs (C(OH)–C–C–N with tert-alkyl or cyclic N) is 1. The summed E-state index contributed by atoms with van der Waals surface area (Å²) < 4.78 is 0. The van der Waals surface area contributed by atoms with Gasteiger partial charge in [0.2, 0.25) is 0 Å². The summed E-state index contributed by atoms with van der Waals surface area (Å²) in [5, 5.41) is 18.9. The van der Waals surface area contributed by atoms with Crippen LogP contribution in [0.2, 0.25) is 0 Å². The van der Waals surface area contributed by atoms with Crippen molar-refractivity contribution in [1.82, 2.24) is 4.90 Å². The maximum atomic E-state index is 9.55. The highest BCUT2D eigenvalue weighted by molar-refractivity contribution is 5.50. The van der Waals surface area contributed by atoms with Gasteiger partial charge in [0, 0.05) is 18.8 Å². The molecule has 0 bridgehead atoms. The van der Waals surface area contributed by atoms with E-state index in [1.807, 2.05) is 12.3 Å². The van der Waals surface area contributed by atoms with Gasteiger partial charge in [-0.25, -0.2) is 0 Å². The second-order valence-electron chi connectivity index (χ2n) is 4.76. The molecule has 1 atom stereocenters. The molecule has 1 fully saturated rings. The number of allylic oxidation sites excluding steroid dienone is 1. The van der Waals surface area contributed by atoms with Gasteiger partial charge in [-0.15, -0.1) is 0 Å². The second-order valence-corrected chi connectivity index (χ2v) is 4.76. The minimum Gasteiger partial charge on any atom is -0.508 e. The van der Waals surface area contributed by atoms with Crippen LogP contribution in [0.15, 0.2) is 30.5 Å². The van der Waals surface area contributed by atoms with Crippen LogP contribution in [0, 0.1) is 0 Å². The van der Waals surface area contributed by atoms with E-state index in [1.165, 1.54) is 0 Å². The summed E-state index contributed by atoms with van der Waals surface area (Å²) in [6.07, 6.45) is 6.42. The first-order valence-electron chi connectivity index (χ1n) is 6.31. The number of hydrogen-bond acceptors (Lipinski definition) is 4. The van der Waals surface area contributed by atoms with E-state index in [0.29, 0.717) is 18.7 Å². The van der Waals surface area contributed by atoms with Gasteiger partial charge in [0.25, 0.3) is 0 Å². The van der Waals surface area contributed by atoms with Crippen molar-refractivity contribution in [2.75, 3.05) is 18.8 Å². The molecular weight excluding hydrogens is 228 g/mol. The van der Waals surface area contributed by atoms with Crippen molar-refractivity contribution in [2.24, 2.45) is 0 Å². The Balaban J connectivity index is 1.92. The molecule has 1 aromatic carbocycles. The van der Waals surface area contributed by atoms with Crippen LogP contribution in [0.4, 0.5) is 5.69 Å². The Hall–Kier alpha value is -1.68. The number of hydrogen-bond donors (Lipinski definition) is 3. The Kier molecular flexibility index (Phi) is 4.10. The average Bonchev–Trinajstić information content (AvgIpc) is 2.34. The molecule has 0 radical (unpaired) electrons. The standard InChI is InChI=1S/C14H20N2O2/c15-14-6-5-12(17)9-11(14)3-1-7-16-8-2-4-13(18)10-16/h1,5-7,9,13,17-18H,2-4,8,10,15H2. The highest BCUT2D eigenvalue weighted by Crippen LogP contribution is 2.19. The highest BCUT2D eigenvalue weighted by atomic mass is 16.3. The Morgan fingerprint density at radius 3 is 3.06 bits per heavy atom. The first-order chi connectivity index (χ1) is 8.65. The second kappa shape index (κ2) is 5.78. The number of benzene rings is 1. The minimum atomic E-state index is -0.214. The summed E-state index contributed by atoms with van der Waals surface area (Å²) in [5.74, 6) is 0.237. The van der Waals surface area contributed by atoms with Crippen LogP contribution in [0.1, 0.15) is 18.4 Å². The first kappa shape index (κ1) is 12.8. The van der Waals surface area contributed by atoms with Gasteiger partial charge in [-0.3, -0.25) is 0 Å². The summed E-state index contributed by atoms with van der Waals surface area (Å²) in [6.45, 7) is 1.69. The Labute approximate surface area is 107 Å². The number of nitrogens with two attached hydrogens (primary N) is 1. The number of nitrogen functional groups attached to an aromatic ring is 1. The fourth-order valence-electron chi connectivity index (χ4n) is 2.22. The van der Waals surface area contributed by atoms with Gasteiger partial charge in [-0.05, 0) is 49.2 Å². The van der Waals surface area contributed by atoms with E-state index in [0.717, 1.165) is 24.9 Å². The fraction of sp³-hybridized carbons (Fsp3) is 0.429. The fourth-order valence-corrected chi connectivity index (χ4v) is 2.22. The lowest BCUT2D eigenvalue weighted by atomic mass is 10.1. The molecule has 1 aromatic rings. The Bertz CT molecular complexity index is 432. The van der Waals surface area contributed by atoms with E-state index in [2.05, 4.69) is 4.90 Å². The van der Waals surface area contributed by atoms with E-state index in [-0.39, 0.29) is 11.9 Å². The third-order valence-corrected chi connectivity index (χ3v) is 3.21. The summed E-state index contributed by atoms with van der Waals surface area (Å²) in [4.78, 5) is 2.12. The largest absolute Gasteiger partial charge is 0.508 e. The predicted molar refractivity (Wildman–Crippen MR) is 72.2 cm³/mol. The van der Waals surface area contributed by atoms with Crippen LogP contribution >= 0.6 is 0 Å². The molecule has 0 amide bonds. The number of likely N-dealkylation sites (tertiary alicyclic amines) is 1. The van der Waals surface area contributed by atoms with Gasteiger partial charge in [0.15, 0.2) is 0 Å². The van der Waals surface area contributed by atoms with Crippen LogP contribution < -0.4 is 5.73 Å². The Morgan fingerprint density at radius 1 is 1.44 bits per heavy atom. The molecule has 4 N–H and O–H groups in total. The molecule has 98 valence electrons. The van der Waals surface area contributed by atoms with Crippen molar-refractivity contribution in [2.45, 2.75) is 25.4 Å². The zero-order valence-electron chi connectivity index (χ0n) is 10.4. The molecule has 1 heterocycles. The summed E-state index contributed by atoms with van der Waals surface area (Å²) in [5.41, 5.74) is 7.44. The topological polar surface area (TPSA) is 69.7 Å². The van der Waals surface area contributed by atoms with E-state index in [1.54, 1.807) is 18.2 Å². The zero-order valence-corrected chi connectivity index (χ0v) is 10.4. The van der Waals surface area contributed by atoms with Gasteiger partial charge in [0.05, 0.1) is 6.10 Å². The van der Waals surface area contributed by atoms with E-state index in [9.17, 15) is 10.2 Å². The molecule has 0 aromatic heterocycles. The van der Waals surface area contributed by atoms with Crippen LogP contribution in [-0.4, -0.2) is 34.3 Å². The molecule has 4 heteroatoms. The van der Waals surface area contributed by atoms with Crippen LogP contribution in [0.3, 0.4) is 0 Å². The molecular formula is C14H20N2O2. The maximum absolute atomic E-state index is 9.55. The van der Waals surface area contributed by atoms with Gasteiger partial charge in [-0.2, -0.15) is 0 Å². The maximum Gasteiger partial charge on any atom is 0.116 e. The number of phenolic OH excluding ortho intramolecular Hbond substituents is 1. The number of nitrogens with zero attached hydrogens (tertiary/aromatic N) is 1. The average molecular weight is 248 g/mol. The van der Waals surface area contributed by atoms with Crippen molar-refractivity contribution < 1.29 is 10.2 Å². The van der Waals surface area contributed by atoms with Gasteiger partial charge in [-0.1, -0.05) is 6.08 Å². The number of anilines is 1. The van der Waals surface area contributed by atoms with E-state index in [4.69, 9.17) is 5.73 Å². The SMILES string of the molecule is Nc1ccc(O)cc1CC=CN1CCCC(O)C1. The Morgan fingerprint density at radius 2 is 2.28 bits per heavy atom. The molecule has 1 aliphatic heterocycles. The normalized spacial score (nSPS) is 20.5. The predicted octanol–water partition coefficient (Wildman–Crippen LogP) is 1.49. The molecule has 1 saturated heterocycles. The number of rotatable bonds is 3. The number of aliphatic hydroxyl groups is 1. The van der Waals surface area contributed by atoms with Crippen LogP contribution in [0.25, 0.3) is 0 Å². The lowest BCUT2D eigenvalue weighted by molar-refractivity contribution is 0.0940. The summed E-state index contributed by atoms with van der Waals surface area (Å²) in [7, 11) is 0. The highest BCUT2D eigenvalue weighted by Gasteiger charge is 2.14. The van der Waals surface area contributed by atoms with Crippen molar-refractivity contribution in [3.63, 3.8) is 0 Å². The quantitative estimate of drug-likeness (QED) is 0.560. The number of piperidine rings is 1. The molecule has 2 rings (SSSR count). The van der Waals surface area contributed by atoms with Crippen molar-refractivity contribution in [3.8, 4) is 5.75 Å². The van der Waals surface area contributed by atoms with Gasteiger partial charge in [0.1, 0.15) is 5.75 Å². The van der Waals surface area contributed by atoms with Crippen LogP contribution in [0.5, 0.6) is 5.75 Å². The van der Waals surface area contributed by atoms with Crippen molar-refractivity contribution >= 4 is 5.69 Å². The van der Waals surface area contributed by atoms with E-state index >= 15 is 0 Å². The molecule has 4 nitrogen and oxygen atoms in total. The molecule has 1 aliphatic rings. The van der Waals surface area contributed by atoms with Gasteiger partial charge >= 0.3 is 0 Å². The molecule has 0 aliphatic carbocycles. The number of phenols is 1. The third kappa shape index (κ3) is 3.40. The van der Waals surface area contributed by atoms with Gasteiger partial charge < -0.3 is 20.8 Å². The number of aromatic hydroxyl groups is 1. The van der Waals surface area contributed by atoms with E-state index < -0.39 is 0 Å². The number of aliphatic hydroxyl groups excluding tert-OH is 1. The molecule has 0 spiro atoms. The first-order valence-corrected chi connectivity index (χ1v) is 6.31. The third-order valence-electron chi connectivity index (χ3n) is 3.21. The minimum absolute atomic E-state index is 0.214. The zero-order chi connectivity index (χ0) is 13.0. The van der Waals surface area contributed by atoms with Crippen molar-refractivity contribution in [1.29, 1.82) is 0 Å². The smallest absolute Gasteiger partial charge is 0.116 e. The summed E-state index contributed by atoms with van der Waals surface area (Å²) in [6, 6.07) is 4.98. The molecule has 1 unspecified atom stereocenters.